The summed E-state index contributed by atoms with van der Waals surface area (Å²) in [5, 5.41) is 7.27. The van der Waals surface area contributed by atoms with Crippen molar-refractivity contribution in [1.29, 1.82) is 0 Å². The van der Waals surface area contributed by atoms with Crippen molar-refractivity contribution in [2.45, 2.75) is 6.92 Å². The van der Waals surface area contributed by atoms with Crippen molar-refractivity contribution in [3.05, 3.63) is 30.2 Å². The van der Waals surface area contributed by atoms with E-state index in [0.717, 1.165) is 5.69 Å². The molecule has 7 heteroatoms. The molecule has 0 radical (unpaired) electrons. The summed E-state index contributed by atoms with van der Waals surface area (Å²) >= 11 is 0. The Morgan fingerprint density at radius 1 is 1.22 bits per heavy atom. The standard InChI is InChI=1S/C11H10N6O/c1-6-2-3-7(4-13-6)18-10-8-5-14-17-9(8)15-11(12)16-10/h2-5H,1H3,(H3,12,14,15,16,17). The molecular weight excluding hydrogens is 232 g/mol. The fourth-order valence-electron chi connectivity index (χ4n) is 1.53. The number of aromatic nitrogens is 5. The maximum atomic E-state index is 5.63. The van der Waals surface area contributed by atoms with Crippen molar-refractivity contribution in [3.8, 4) is 11.6 Å². The summed E-state index contributed by atoms with van der Waals surface area (Å²) in [6, 6.07) is 3.67. The fraction of sp³-hybridized carbons (Fsp3) is 0.0909. The van der Waals surface area contributed by atoms with Crippen LogP contribution in [0.2, 0.25) is 0 Å². The van der Waals surface area contributed by atoms with Gasteiger partial charge in [0.05, 0.1) is 12.4 Å². The van der Waals surface area contributed by atoms with Crippen molar-refractivity contribution in [3.63, 3.8) is 0 Å². The van der Waals surface area contributed by atoms with Gasteiger partial charge in [0.2, 0.25) is 11.8 Å². The van der Waals surface area contributed by atoms with Crippen molar-refractivity contribution < 1.29 is 4.74 Å². The Bertz CT molecular complexity index is 690. The van der Waals surface area contributed by atoms with Gasteiger partial charge in [-0.15, -0.1) is 0 Å². The minimum absolute atomic E-state index is 0.127. The largest absolute Gasteiger partial charge is 0.436 e. The van der Waals surface area contributed by atoms with Gasteiger partial charge < -0.3 is 10.5 Å². The minimum Gasteiger partial charge on any atom is -0.436 e. The number of fused-ring (bicyclic) bond motifs is 1. The molecule has 90 valence electrons. The summed E-state index contributed by atoms with van der Waals surface area (Å²) in [6.07, 6.45) is 3.21. The summed E-state index contributed by atoms with van der Waals surface area (Å²) < 4.78 is 5.63. The first-order valence-corrected chi connectivity index (χ1v) is 5.29. The van der Waals surface area contributed by atoms with Crippen LogP contribution in [0.15, 0.2) is 24.5 Å². The number of nitrogen functional groups attached to an aromatic ring is 1. The number of hydrogen-bond donors (Lipinski definition) is 2. The van der Waals surface area contributed by atoms with Gasteiger partial charge in [-0.3, -0.25) is 10.1 Å². The van der Waals surface area contributed by atoms with E-state index in [-0.39, 0.29) is 5.95 Å². The molecule has 0 aliphatic rings. The Morgan fingerprint density at radius 2 is 2.11 bits per heavy atom. The van der Waals surface area contributed by atoms with Gasteiger partial charge in [-0.2, -0.15) is 15.1 Å². The number of aryl methyl sites for hydroxylation is 1. The highest BCUT2D eigenvalue weighted by molar-refractivity contribution is 5.80. The topological polar surface area (TPSA) is 103 Å². The van der Waals surface area contributed by atoms with Crippen LogP contribution in [0.5, 0.6) is 11.6 Å². The molecule has 3 N–H and O–H groups in total. The number of nitrogens with one attached hydrogen (secondary N) is 1. The van der Waals surface area contributed by atoms with E-state index in [4.69, 9.17) is 10.5 Å². The summed E-state index contributed by atoms with van der Waals surface area (Å²) in [7, 11) is 0. The number of H-pyrrole nitrogens is 1. The first-order chi connectivity index (χ1) is 8.72. The Hall–Kier alpha value is -2.70. The van der Waals surface area contributed by atoms with Gasteiger partial charge in [0, 0.05) is 5.69 Å². The highest BCUT2D eigenvalue weighted by Crippen LogP contribution is 2.26. The second-order valence-corrected chi connectivity index (χ2v) is 3.76. The molecule has 3 heterocycles. The summed E-state index contributed by atoms with van der Waals surface area (Å²) in [4.78, 5) is 12.2. The molecule has 0 amide bonds. The van der Waals surface area contributed by atoms with E-state index in [0.29, 0.717) is 22.7 Å². The third-order valence-electron chi connectivity index (χ3n) is 2.39. The van der Waals surface area contributed by atoms with Gasteiger partial charge in [-0.05, 0) is 19.1 Å². The molecule has 0 saturated carbocycles. The molecule has 0 aliphatic heterocycles. The predicted octanol–water partition coefficient (Wildman–Crippen LogP) is 1.43. The first kappa shape index (κ1) is 10.5. The minimum atomic E-state index is 0.127. The lowest BCUT2D eigenvalue weighted by atomic mass is 10.3. The third-order valence-corrected chi connectivity index (χ3v) is 2.39. The first-order valence-electron chi connectivity index (χ1n) is 5.29. The molecule has 0 bridgehead atoms. The van der Waals surface area contributed by atoms with Crippen LogP contribution in [0.25, 0.3) is 11.0 Å². The van der Waals surface area contributed by atoms with Crippen LogP contribution in [-0.2, 0) is 0 Å². The van der Waals surface area contributed by atoms with Crippen LogP contribution in [0.1, 0.15) is 5.69 Å². The number of aromatic amines is 1. The van der Waals surface area contributed by atoms with Crippen LogP contribution >= 0.6 is 0 Å². The molecule has 0 aromatic carbocycles. The molecule has 0 fully saturated rings. The Kier molecular flexibility index (Phi) is 2.30. The monoisotopic (exact) mass is 242 g/mol. The van der Waals surface area contributed by atoms with Crippen molar-refractivity contribution in [1.82, 2.24) is 25.1 Å². The normalized spacial score (nSPS) is 10.7. The smallest absolute Gasteiger partial charge is 0.235 e. The average molecular weight is 242 g/mol. The molecule has 0 aliphatic carbocycles. The second-order valence-electron chi connectivity index (χ2n) is 3.76. The zero-order chi connectivity index (χ0) is 12.5. The Labute approximate surface area is 102 Å². The average Bonchev–Trinajstić information content (AvgIpc) is 2.80. The van der Waals surface area contributed by atoms with E-state index in [1.165, 1.54) is 0 Å². The van der Waals surface area contributed by atoms with E-state index >= 15 is 0 Å². The van der Waals surface area contributed by atoms with Gasteiger partial charge in [0.25, 0.3) is 0 Å². The zero-order valence-corrected chi connectivity index (χ0v) is 9.58. The van der Waals surface area contributed by atoms with E-state index < -0.39 is 0 Å². The lowest BCUT2D eigenvalue weighted by Crippen LogP contribution is -1.98. The van der Waals surface area contributed by atoms with Crippen LogP contribution in [-0.4, -0.2) is 25.1 Å². The quantitative estimate of drug-likeness (QED) is 0.704. The van der Waals surface area contributed by atoms with E-state index in [1.807, 2.05) is 19.1 Å². The number of nitrogens with zero attached hydrogens (tertiary/aromatic N) is 4. The maximum Gasteiger partial charge on any atom is 0.235 e. The molecule has 18 heavy (non-hydrogen) atoms. The zero-order valence-electron chi connectivity index (χ0n) is 9.58. The number of pyridine rings is 1. The molecule has 0 unspecified atom stereocenters. The number of nitrogens with two attached hydrogens (primary N) is 1. The van der Waals surface area contributed by atoms with Gasteiger partial charge in [-0.1, -0.05) is 0 Å². The number of ether oxygens (including phenoxy) is 1. The maximum absolute atomic E-state index is 5.63. The summed E-state index contributed by atoms with van der Waals surface area (Å²) in [6.45, 7) is 1.90. The van der Waals surface area contributed by atoms with E-state index in [2.05, 4.69) is 25.1 Å². The predicted molar refractivity (Wildman–Crippen MR) is 65.1 cm³/mol. The highest BCUT2D eigenvalue weighted by atomic mass is 16.5. The van der Waals surface area contributed by atoms with Crippen molar-refractivity contribution >= 4 is 17.0 Å². The fourth-order valence-corrected chi connectivity index (χ4v) is 1.53. The molecule has 3 rings (SSSR count). The molecular formula is C11H10N6O. The summed E-state index contributed by atoms with van der Waals surface area (Å²) in [5.41, 5.74) is 7.05. The molecule has 0 saturated heterocycles. The third kappa shape index (κ3) is 1.81. The van der Waals surface area contributed by atoms with E-state index in [1.54, 1.807) is 12.4 Å². The molecule has 0 spiro atoms. The lowest BCUT2D eigenvalue weighted by molar-refractivity contribution is 0.466. The number of anilines is 1. The number of hydrogen-bond acceptors (Lipinski definition) is 6. The Balaban J connectivity index is 2.03. The molecule has 7 nitrogen and oxygen atoms in total. The lowest BCUT2D eigenvalue weighted by Gasteiger charge is -2.05. The van der Waals surface area contributed by atoms with Crippen LogP contribution in [0.3, 0.4) is 0 Å². The summed E-state index contributed by atoms with van der Waals surface area (Å²) in [5.74, 6) is 1.07. The van der Waals surface area contributed by atoms with Gasteiger partial charge in [0.1, 0.15) is 11.1 Å². The highest BCUT2D eigenvalue weighted by Gasteiger charge is 2.10. The van der Waals surface area contributed by atoms with Gasteiger partial charge in [-0.25, -0.2) is 0 Å². The number of rotatable bonds is 2. The van der Waals surface area contributed by atoms with Crippen molar-refractivity contribution in [2.75, 3.05) is 5.73 Å². The molecule has 3 aromatic rings. The Morgan fingerprint density at radius 3 is 2.89 bits per heavy atom. The second kappa shape index (κ2) is 3.95. The van der Waals surface area contributed by atoms with Crippen molar-refractivity contribution in [2.24, 2.45) is 0 Å². The van der Waals surface area contributed by atoms with Crippen LogP contribution < -0.4 is 10.5 Å². The SMILES string of the molecule is Cc1ccc(Oc2nc(N)nc3[nH]ncc23)cn1. The van der Waals surface area contributed by atoms with Gasteiger partial charge in [0.15, 0.2) is 5.65 Å². The molecule has 3 aromatic heterocycles. The van der Waals surface area contributed by atoms with Gasteiger partial charge >= 0.3 is 0 Å². The van der Waals surface area contributed by atoms with Crippen LogP contribution in [0, 0.1) is 6.92 Å². The van der Waals surface area contributed by atoms with E-state index in [9.17, 15) is 0 Å². The van der Waals surface area contributed by atoms with Crippen LogP contribution in [0.4, 0.5) is 5.95 Å². The molecule has 0 atom stereocenters.